The first-order valence-electron chi connectivity index (χ1n) is 8.63. The topological polar surface area (TPSA) is 21.7 Å². The Labute approximate surface area is 141 Å². The van der Waals surface area contributed by atoms with Gasteiger partial charge in [0.1, 0.15) is 7.85 Å². The van der Waals surface area contributed by atoms with Crippen molar-refractivity contribution >= 4 is 26.7 Å². The minimum absolute atomic E-state index is 0.306. The highest BCUT2D eigenvalue weighted by Gasteiger charge is 2.52. The number of fused-ring (bicyclic) bond motifs is 1. The van der Waals surface area contributed by atoms with Crippen molar-refractivity contribution in [2.24, 2.45) is 5.92 Å². The van der Waals surface area contributed by atoms with Gasteiger partial charge in [-0.15, -0.1) is 0 Å². The van der Waals surface area contributed by atoms with E-state index < -0.39 is 7.50 Å². The third-order valence-electron chi connectivity index (χ3n) is 5.36. The average molecular weight is 341 g/mol. The second-order valence-electron chi connectivity index (χ2n) is 7.40. The van der Waals surface area contributed by atoms with Crippen LogP contribution in [0.2, 0.25) is 0 Å². The van der Waals surface area contributed by atoms with E-state index in [4.69, 9.17) is 9.26 Å². The lowest BCUT2D eigenvalue weighted by atomic mass is 9.77. The molecule has 0 aromatic rings. The molecule has 3 nitrogen and oxygen atoms in total. The summed E-state index contributed by atoms with van der Waals surface area (Å²) < 4.78 is 15.5. The normalized spacial score (nSPS) is 46.4. The van der Waals surface area contributed by atoms with Crippen molar-refractivity contribution in [3.8, 4) is 0 Å². The molecule has 3 fully saturated rings. The van der Waals surface area contributed by atoms with Crippen molar-refractivity contribution in [1.29, 1.82) is 0 Å². The third-order valence-corrected chi connectivity index (χ3v) is 10.3. The van der Waals surface area contributed by atoms with Crippen molar-refractivity contribution in [2.45, 2.75) is 69.4 Å². The molecule has 124 valence electrons. The number of hydrogen-bond donors (Lipinski definition) is 0. The average Bonchev–Trinajstić information content (AvgIpc) is 2.82. The second kappa shape index (κ2) is 6.76. The Morgan fingerprint density at radius 1 is 1.50 bits per heavy atom. The maximum absolute atomic E-state index is 6.59. The van der Waals surface area contributed by atoms with Crippen LogP contribution >= 0.6 is 18.9 Å². The molecule has 0 amide bonds. The molecule has 0 N–H and O–H groups in total. The van der Waals surface area contributed by atoms with Gasteiger partial charge in [0, 0.05) is 23.8 Å². The smallest absolute Gasteiger partial charge is 0.170 e. The minimum Gasteiger partial charge on any atom is -0.381 e. The van der Waals surface area contributed by atoms with Crippen molar-refractivity contribution in [3.63, 3.8) is 0 Å². The maximum atomic E-state index is 6.59. The van der Waals surface area contributed by atoms with Crippen molar-refractivity contribution in [1.82, 2.24) is 4.67 Å². The molecule has 0 radical (unpaired) electrons. The molecule has 0 aromatic heterocycles. The fraction of sp³-hybridized carbons (Fsp3) is 0.875. The van der Waals surface area contributed by atoms with E-state index in [2.05, 4.69) is 51.2 Å². The lowest BCUT2D eigenvalue weighted by Gasteiger charge is -2.38. The van der Waals surface area contributed by atoms with Gasteiger partial charge in [0.2, 0.25) is 0 Å². The predicted octanol–water partition coefficient (Wildman–Crippen LogP) is 3.55. The van der Waals surface area contributed by atoms with Gasteiger partial charge in [-0.05, 0) is 45.4 Å². The molecule has 3 aliphatic rings. The molecule has 6 heteroatoms. The van der Waals surface area contributed by atoms with Gasteiger partial charge in [-0.25, -0.2) is 4.67 Å². The standard InChI is InChI=1S/C16H29BNO2PS/c1-5-13-9-18(10-15(17)19-13)21-20-14-8-12(11(2)3)6-7-16(14,4)22-21/h12-15H,2,5-10,17H2,1,3-4H3/t12-,13+,14+,15+,16+,21+/m0/s1. The van der Waals surface area contributed by atoms with Gasteiger partial charge in [0.05, 0.1) is 12.2 Å². The summed E-state index contributed by atoms with van der Waals surface area (Å²) in [5, 5.41) is 0. The summed E-state index contributed by atoms with van der Waals surface area (Å²) in [6.45, 7) is 13.0. The summed E-state index contributed by atoms with van der Waals surface area (Å²) in [5.74, 6) is 0.653. The lowest BCUT2D eigenvalue weighted by molar-refractivity contribution is -0.0276. The Kier molecular flexibility index (Phi) is 5.31. The zero-order valence-corrected chi connectivity index (χ0v) is 16.1. The first-order chi connectivity index (χ1) is 10.4. The van der Waals surface area contributed by atoms with Gasteiger partial charge < -0.3 is 9.26 Å². The van der Waals surface area contributed by atoms with Gasteiger partial charge in [0.15, 0.2) is 7.50 Å². The minimum atomic E-state index is -0.519. The largest absolute Gasteiger partial charge is 0.381 e. The van der Waals surface area contributed by atoms with E-state index in [0.717, 1.165) is 25.9 Å². The highest BCUT2D eigenvalue weighted by molar-refractivity contribution is 8.54. The number of rotatable bonds is 3. The molecule has 1 saturated carbocycles. The Morgan fingerprint density at radius 3 is 2.95 bits per heavy atom. The number of nitrogens with zero attached hydrogens (tertiary/aromatic N) is 1. The van der Waals surface area contributed by atoms with Crippen LogP contribution in [0.25, 0.3) is 0 Å². The van der Waals surface area contributed by atoms with Crippen LogP contribution in [0.5, 0.6) is 0 Å². The van der Waals surface area contributed by atoms with Crippen molar-refractivity contribution in [2.75, 3.05) is 13.1 Å². The molecule has 0 aromatic carbocycles. The van der Waals surface area contributed by atoms with E-state index in [1.165, 1.54) is 18.4 Å². The summed E-state index contributed by atoms with van der Waals surface area (Å²) in [7, 11) is 1.67. The Bertz CT molecular complexity index is 440. The lowest BCUT2D eigenvalue weighted by Crippen LogP contribution is -2.44. The van der Waals surface area contributed by atoms with Gasteiger partial charge >= 0.3 is 0 Å². The van der Waals surface area contributed by atoms with Crippen LogP contribution in [0.1, 0.15) is 46.5 Å². The van der Waals surface area contributed by atoms with Gasteiger partial charge in [0.25, 0.3) is 0 Å². The fourth-order valence-electron chi connectivity index (χ4n) is 3.77. The zero-order valence-electron chi connectivity index (χ0n) is 14.4. The van der Waals surface area contributed by atoms with E-state index in [1.807, 2.05) is 0 Å². The molecular weight excluding hydrogens is 312 g/mol. The molecule has 1 aliphatic carbocycles. The van der Waals surface area contributed by atoms with E-state index in [-0.39, 0.29) is 0 Å². The van der Waals surface area contributed by atoms with Gasteiger partial charge in [-0.3, -0.25) is 0 Å². The molecular formula is C16H29BNO2PS. The van der Waals surface area contributed by atoms with E-state index in [0.29, 0.717) is 28.9 Å². The van der Waals surface area contributed by atoms with Gasteiger partial charge in [-0.2, -0.15) is 0 Å². The molecule has 3 rings (SSSR count). The Balaban J connectivity index is 1.67. The molecule has 0 spiro atoms. The molecule has 22 heavy (non-hydrogen) atoms. The summed E-state index contributed by atoms with van der Waals surface area (Å²) in [6, 6.07) is 0.323. The number of allylic oxidation sites excluding steroid dienone is 1. The van der Waals surface area contributed by atoms with Crippen LogP contribution in [0, 0.1) is 5.92 Å². The van der Waals surface area contributed by atoms with Crippen LogP contribution in [0.3, 0.4) is 0 Å². The first kappa shape index (κ1) is 17.3. The van der Waals surface area contributed by atoms with Crippen molar-refractivity contribution < 1.29 is 9.26 Å². The van der Waals surface area contributed by atoms with Gasteiger partial charge in [-0.1, -0.05) is 30.5 Å². The monoisotopic (exact) mass is 341 g/mol. The Hall–Kier alpha value is 0.465. The highest BCUT2D eigenvalue weighted by Crippen LogP contribution is 2.71. The van der Waals surface area contributed by atoms with E-state index >= 15 is 0 Å². The molecule has 2 heterocycles. The maximum Gasteiger partial charge on any atom is 0.170 e. The van der Waals surface area contributed by atoms with E-state index in [1.54, 1.807) is 0 Å². The van der Waals surface area contributed by atoms with E-state index in [9.17, 15) is 0 Å². The zero-order chi connectivity index (χ0) is 15.9. The van der Waals surface area contributed by atoms with Crippen LogP contribution in [0.15, 0.2) is 12.2 Å². The Morgan fingerprint density at radius 2 is 2.27 bits per heavy atom. The van der Waals surface area contributed by atoms with Crippen LogP contribution < -0.4 is 0 Å². The summed E-state index contributed by atoms with van der Waals surface area (Å²) >= 11 is 2.12. The molecule has 2 saturated heterocycles. The third kappa shape index (κ3) is 3.44. The van der Waals surface area contributed by atoms with Crippen LogP contribution in [-0.4, -0.2) is 48.6 Å². The summed E-state index contributed by atoms with van der Waals surface area (Å²) in [6.07, 6.45) is 5.56. The number of ether oxygens (including phenoxy) is 1. The SMILES string of the molecule is B[C@H]1CN([P@]2O[C@@H]3C[C@@H](C(=C)C)CC[C@@]3(C)S2)C[C@@H](CC)O1. The second-order valence-corrected chi connectivity index (χ2v) is 11.3. The first-order valence-corrected chi connectivity index (χ1v) is 11.3. The molecule has 0 unspecified atom stereocenters. The summed E-state index contributed by atoms with van der Waals surface area (Å²) in [5.41, 5.74) is 1.33. The fourth-order valence-corrected chi connectivity index (χ4v) is 9.06. The van der Waals surface area contributed by atoms with Crippen molar-refractivity contribution in [3.05, 3.63) is 12.2 Å². The van der Waals surface area contributed by atoms with Crippen LogP contribution in [0.4, 0.5) is 0 Å². The predicted molar refractivity (Wildman–Crippen MR) is 99.0 cm³/mol. The summed E-state index contributed by atoms with van der Waals surface area (Å²) in [4.78, 5) is 0. The molecule has 0 bridgehead atoms. The molecule has 2 aliphatic heterocycles. The molecule has 6 atom stereocenters. The van der Waals surface area contributed by atoms with Crippen LogP contribution in [-0.2, 0) is 9.26 Å². The quantitative estimate of drug-likeness (QED) is 0.445. The highest BCUT2D eigenvalue weighted by atomic mass is 32.7. The number of morpholine rings is 1. The number of hydrogen-bond acceptors (Lipinski definition) is 4.